The molecule has 0 saturated carbocycles. The van der Waals surface area contributed by atoms with Gasteiger partial charge in [-0.3, -0.25) is 18.2 Å². The first-order valence-electron chi connectivity index (χ1n) is 7.35. The predicted octanol–water partition coefficient (Wildman–Crippen LogP) is -0.194. The van der Waals surface area contributed by atoms with Crippen molar-refractivity contribution < 1.29 is 8.42 Å². The SMILES string of the molecule is C[C@@H]1Cc2ccccc2N1S(=O)(=O)c1c(N)n(C)c(=O)n(C)c1=O. The molecule has 128 valence electrons. The lowest BCUT2D eigenvalue weighted by atomic mass is 10.1. The van der Waals surface area contributed by atoms with Crippen LogP contribution in [0, 0.1) is 0 Å². The lowest BCUT2D eigenvalue weighted by Crippen LogP contribution is -2.45. The molecule has 1 aromatic heterocycles. The highest BCUT2D eigenvalue weighted by molar-refractivity contribution is 7.93. The van der Waals surface area contributed by atoms with E-state index in [4.69, 9.17) is 5.73 Å². The number of nitrogen functional groups attached to an aromatic ring is 1. The lowest BCUT2D eigenvalue weighted by molar-refractivity contribution is 0.576. The van der Waals surface area contributed by atoms with Gasteiger partial charge >= 0.3 is 5.69 Å². The molecule has 0 spiro atoms. The van der Waals surface area contributed by atoms with Gasteiger partial charge < -0.3 is 5.73 Å². The third kappa shape index (κ3) is 2.08. The zero-order valence-corrected chi connectivity index (χ0v) is 14.4. The highest BCUT2D eigenvalue weighted by Crippen LogP contribution is 2.36. The van der Waals surface area contributed by atoms with Crippen molar-refractivity contribution in [3.8, 4) is 0 Å². The number of para-hydroxylation sites is 1. The fourth-order valence-electron chi connectivity index (χ4n) is 3.07. The maximum absolute atomic E-state index is 13.2. The molecule has 0 amide bonds. The molecule has 1 aliphatic heterocycles. The van der Waals surface area contributed by atoms with Crippen LogP contribution in [0.2, 0.25) is 0 Å². The summed E-state index contributed by atoms with van der Waals surface area (Å²) in [6.45, 7) is 1.76. The quantitative estimate of drug-likeness (QED) is 0.807. The second-order valence-corrected chi connectivity index (χ2v) is 7.65. The molecule has 1 aliphatic rings. The Balaban J connectivity index is 2.32. The van der Waals surface area contributed by atoms with Crippen LogP contribution in [0.15, 0.2) is 38.8 Å². The van der Waals surface area contributed by atoms with Gasteiger partial charge in [0.2, 0.25) is 0 Å². The number of hydrogen-bond acceptors (Lipinski definition) is 5. The van der Waals surface area contributed by atoms with E-state index in [0.29, 0.717) is 12.1 Å². The van der Waals surface area contributed by atoms with Crippen LogP contribution in [0.3, 0.4) is 0 Å². The van der Waals surface area contributed by atoms with Crippen LogP contribution in [0.5, 0.6) is 0 Å². The Hall–Kier alpha value is -2.55. The molecule has 0 unspecified atom stereocenters. The monoisotopic (exact) mass is 350 g/mol. The molecule has 3 rings (SSSR count). The molecule has 1 aromatic carbocycles. The zero-order valence-electron chi connectivity index (χ0n) is 13.6. The van der Waals surface area contributed by atoms with Gasteiger partial charge in [0, 0.05) is 20.1 Å². The Bertz CT molecular complexity index is 1050. The third-order valence-corrected chi connectivity index (χ3v) is 6.30. The van der Waals surface area contributed by atoms with Gasteiger partial charge in [0.05, 0.1) is 5.69 Å². The summed E-state index contributed by atoms with van der Waals surface area (Å²) in [5.41, 5.74) is 5.63. The highest BCUT2D eigenvalue weighted by atomic mass is 32.2. The van der Waals surface area contributed by atoms with Crippen molar-refractivity contribution in [2.75, 3.05) is 10.0 Å². The molecular formula is C15H18N4O4S. The lowest BCUT2D eigenvalue weighted by Gasteiger charge is -2.25. The number of fused-ring (bicyclic) bond motifs is 1. The Morgan fingerprint density at radius 2 is 1.75 bits per heavy atom. The Kier molecular flexibility index (Phi) is 3.56. The van der Waals surface area contributed by atoms with E-state index < -0.39 is 26.2 Å². The van der Waals surface area contributed by atoms with Gasteiger partial charge in [-0.25, -0.2) is 13.2 Å². The van der Waals surface area contributed by atoms with Crippen molar-refractivity contribution in [1.29, 1.82) is 0 Å². The van der Waals surface area contributed by atoms with Crippen LogP contribution >= 0.6 is 0 Å². The van der Waals surface area contributed by atoms with Gasteiger partial charge in [0.15, 0.2) is 4.90 Å². The minimum atomic E-state index is -4.21. The first-order chi connectivity index (χ1) is 11.2. The van der Waals surface area contributed by atoms with Gasteiger partial charge in [0.25, 0.3) is 15.6 Å². The van der Waals surface area contributed by atoms with Gasteiger partial charge in [0.1, 0.15) is 5.82 Å². The zero-order chi connectivity index (χ0) is 17.8. The van der Waals surface area contributed by atoms with Crippen LogP contribution in [0.25, 0.3) is 0 Å². The van der Waals surface area contributed by atoms with Crippen LogP contribution in [-0.2, 0) is 30.5 Å². The van der Waals surface area contributed by atoms with Crippen LogP contribution in [0.4, 0.5) is 11.5 Å². The number of aromatic nitrogens is 2. The van der Waals surface area contributed by atoms with E-state index in [1.165, 1.54) is 18.4 Å². The predicted molar refractivity (Wildman–Crippen MR) is 90.6 cm³/mol. The number of nitrogens with zero attached hydrogens (tertiary/aromatic N) is 3. The standard InChI is InChI=1S/C15H18N4O4S/c1-9-8-10-6-4-5-7-11(10)19(9)24(22,23)12-13(16)17(2)15(21)18(3)14(12)20/h4-7,9H,8,16H2,1-3H3/t9-/m1/s1. The summed E-state index contributed by atoms with van der Waals surface area (Å²) in [5, 5.41) is 0. The fourth-order valence-corrected chi connectivity index (χ4v) is 5.01. The van der Waals surface area contributed by atoms with Gasteiger partial charge in [-0.2, -0.15) is 0 Å². The van der Waals surface area contributed by atoms with E-state index in [1.807, 2.05) is 12.1 Å². The number of rotatable bonds is 2. The van der Waals surface area contributed by atoms with E-state index in [0.717, 1.165) is 14.7 Å². The summed E-state index contributed by atoms with van der Waals surface area (Å²) in [5.74, 6) is -0.361. The summed E-state index contributed by atoms with van der Waals surface area (Å²) in [6, 6.07) is 6.76. The minimum Gasteiger partial charge on any atom is -0.384 e. The summed E-state index contributed by atoms with van der Waals surface area (Å²) in [7, 11) is -1.65. The van der Waals surface area contributed by atoms with Crippen molar-refractivity contribution in [2.24, 2.45) is 14.1 Å². The molecule has 9 heteroatoms. The fraction of sp³-hybridized carbons (Fsp3) is 0.333. The number of nitrogens with two attached hydrogens (primary N) is 1. The number of sulfonamides is 1. The topological polar surface area (TPSA) is 107 Å². The molecule has 24 heavy (non-hydrogen) atoms. The normalized spacial score (nSPS) is 17.1. The Labute approximate surface area is 138 Å². The smallest absolute Gasteiger partial charge is 0.332 e. The van der Waals surface area contributed by atoms with Crippen LogP contribution < -0.4 is 21.3 Å². The number of benzene rings is 1. The molecule has 0 fully saturated rings. The molecule has 2 aromatic rings. The average Bonchev–Trinajstić information content (AvgIpc) is 2.87. The summed E-state index contributed by atoms with van der Waals surface area (Å²) in [6.07, 6.45) is 0.543. The van der Waals surface area contributed by atoms with E-state index in [-0.39, 0.29) is 11.9 Å². The molecule has 2 heterocycles. The molecule has 0 aliphatic carbocycles. The van der Waals surface area contributed by atoms with Crippen molar-refractivity contribution >= 4 is 21.5 Å². The Morgan fingerprint density at radius 1 is 1.12 bits per heavy atom. The first-order valence-corrected chi connectivity index (χ1v) is 8.79. The van der Waals surface area contributed by atoms with Gasteiger partial charge in [-0.1, -0.05) is 18.2 Å². The molecular weight excluding hydrogens is 332 g/mol. The molecule has 0 saturated heterocycles. The molecule has 2 N–H and O–H groups in total. The molecule has 0 bridgehead atoms. The van der Waals surface area contributed by atoms with E-state index >= 15 is 0 Å². The largest absolute Gasteiger partial charge is 0.384 e. The Morgan fingerprint density at radius 3 is 2.42 bits per heavy atom. The van der Waals surface area contributed by atoms with Crippen molar-refractivity contribution in [1.82, 2.24) is 9.13 Å². The van der Waals surface area contributed by atoms with E-state index in [2.05, 4.69) is 0 Å². The summed E-state index contributed by atoms with van der Waals surface area (Å²) in [4.78, 5) is 23.8. The molecule has 8 nitrogen and oxygen atoms in total. The summed E-state index contributed by atoms with van der Waals surface area (Å²) < 4.78 is 29.3. The molecule has 1 atom stereocenters. The average molecular weight is 350 g/mol. The maximum Gasteiger partial charge on any atom is 0.332 e. The number of hydrogen-bond donors (Lipinski definition) is 1. The van der Waals surface area contributed by atoms with Crippen LogP contribution in [-0.4, -0.2) is 23.6 Å². The second-order valence-electron chi connectivity index (χ2n) is 5.90. The van der Waals surface area contributed by atoms with Gasteiger partial charge in [-0.05, 0) is 25.0 Å². The maximum atomic E-state index is 13.2. The minimum absolute atomic E-state index is 0.353. The highest BCUT2D eigenvalue weighted by Gasteiger charge is 2.39. The van der Waals surface area contributed by atoms with Gasteiger partial charge in [-0.15, -0.1) is 0 Å². The first kappa shape index (κ1) is 16.3. The second kappa shape index (κ2) is 5.23. The number of anilines is 2. The van der Waals surface area contributed by atoms with Crippen molar-refractivity contribution in [2.45, 2.75) is 24.3 Å². The van der Waals surface area contributed by atoms with Crippen LogP contribution in [0.1, 0.15) is 12.5 Å². The van der Waals surface area contributed by atoms with E-state index in [1.54, 1.807) is 19.1 Å². The van der Waals surface area contributed by atoms with Crippen molar-refractivity contribution in [3.63, 3.8) is 0 Å². The molecule has 0 radical (unpaired) electrons. The summed E-state index contributed by atoms with van der Waals surface area (Å²) >= 11 is 0. The van der Waals surface area contributed by atoms with E-state index in [9.17, 15) is 18.0 Å². The van der Waals surface area contributed by atoms with Crippen molar-refractivity contribution in [3.05, 3.63) is 50.7 Å². The third-order valence-electron chi connectivity index (χ3n) is 4.33.